The monoisotopic (exact) mass is 196 g/mol. The van der Waals surface area contributed by atoms with Gasteiger partial charge in [0, 0.05) is 31.2 Å². The van der Waals surface area contributed by atoms with Gasteiger partial charge in [-0.25, -0.2) is 0 Å². The summed E-state index contributed by atoms with van der Waals surface area (Å²) in [5, 5.41) is 3.51. The number of rotatable bonds is 1. The van der Waals surface area contributed by atoms with Crippen molar-refractivity contribution in [3.05, 3.63) is 0 Å². The molecule has 0 spiro atoms. The fourth-order valence-electron chi connectivity index (χ4n) is 3.25. The summed E-state index contributed by atoms with van der Waals surface area (Å²) in [6, 6.07) is 2.36. The van der Waals surface area contributed by atoms with Crippen LogP contribution in [0.1, 0.15) is 46.0 Å². The van der Waals surface area contributed by atoms with E-state index in [1.807, 2.05) is 0 Å². The Bertz CT molecular complexity index is 165. The zero-order chi connectivity index (χ0) is 9.97. The highest BCUT2D eigenvalue weighted by Gasteiger charge is 2.31. The molecule has 2 nitrogen and oxygen atoms in total. The van der Waals surface area contributed by atoms with E-state index in [1.165, 1.54) is 45.2 Å². The van der Waals surface area contributed by atoms with Gasteiger partial charge in [0.15, 0.2) is 0 Å². The summed E-state index contributed by atoms with van der Waals surface area (Å²) in [4.78, 5) is 2.77. The Labute approximate surface area is 88.1 Å². The fraction of sp³-hybridized carbons (Fsp3) is 1.00. The van der Waals surface area contributed by atoms with Gasteiger partial charge in [-0.15, -0.1) is 0 Å². The van der Waals surface area contributed by atoms with E-state index in [0.717, 1.165) is 18.1 Å². The van der Waals surface area contributed by atoms with Gasteiger partial charge in [-0.3, -0.25) is 4.90 Å². The van der Waals surface area contributed by atoms with Crippen molar-refractivity contribution in [3.8, 4) is 0 Å². The van der Waals surface area contributed by atoms with Gasteiger partial charge in [-0.05, 0) is 26.7 Å². The molecule has 1 saturated carbocycles. The van der Waals surface area contributed by atoms with E-state index in [0.29, 0.717) is 0 Å². The molecule has 0 aromatic heterocycles. The van der Waals surface area contributed by atoms with Crippen LogP contribution < -0.4 is 5.32 Å². The minimum Gasteiger partial charge on any atom is -0.314 e. The molecule has 2 atom stereocenters. The van der Waals surface area contributed by atoms with Gasteiger partial charge < -0.3 is 5.32 Å². The molecule has 2 heteroatoms. The second kappa shape index (κ2) is 4.63. The molecule has 0 aromatic carbocycles. The predicted octanol–water partition coefficient (Wildman–Crippen LogP) is 2.00. The zero-order valence-electron chi connectivity index (χ0n) is 9.63. The quantitative estimate of drug-likeness (QED) is 0.690. The molecule has 0 aromatic rings. The first-order valence-electron chi connectivity index (χ1n) is 6.27. The van der Waals surface area contributed by atoms with E-state index in [9.17, 15) is 0 Å². The van der Waals surface area contributed by atoms with E-state index in [1.54, 1.807) is 0 Å². The molecule has 0 radical (unpaired) electrons. The molecule has 2 aliphatic rings. The minimum absolute atomic E-state index is 0.738. The Morgan fingerprint density at radius 2 is 1.50 bits per heavy atom. The first kappa shape index (κ1) is 10.4. The number of hydrogen-bond donors (Lipinski definition) is 1. The number of nitrogens with zero attached hydrogens (tertiary/aromatic N) is 1. The SMILES string of the molecule is CC1CNCC(C)N1C1CCCCC1. The van der Waals surface area contributed by atoms with Gasteiger partial charge in [-0.2, -0.15) is 0 Å². The van der Waals surface area contributed by atoms with Gasteiger partial charge in [0.25, 0.3) is 0 Å². The smallest absolute Gasteiger partial charge is 0.0198 e. The molecule has 82 valence electrons. The van der Waals surface area contributed by atoms with Crippen LogP contribution in [-0.2, 0) is 0 Å². The van der Waals surface area contributed by atoms with Gasteiger partial charge in [-0.1, -0.05) is 19.3 Å². The number of nitrogens with one attached hydrogen (secondary N) is 1. The van der Waals surface area contributed by atoms with Crippen molar-refractivity contribution in [2.75, 3.05) is 13.1 Å². The predicted molar refractivity (Wildman–Crippen MR) is 60.5 cm³/mol. The van der Waals surface area contributed by atoms with Gasteiger partial charge in [0.1, 0.15) is 0 Å². The maximum Gasteiger partial charge on any atom is 0.0198 e. The largest absolute Gasteiger partial charge is 0.314 e. The highest BCUT2D eigenvalue weighted by atomic mass is 15.3. The fourth-order valence-corrected chi connectivity index (χ4v) is 3.25. The van der Waals surface area contributed by atoms with Crippen molar-refractivity contribution in [2.45, 2.75) is 64.1 Å². The lowest BCUT2D eigenvalue weighted by Crippen LogP contribution is -2.58. The first-order valence-corrected chi connectivity index (χ1v) is 6.27. The normalized spacial score (nSPS) is 37.3. The molecule has 1 N–H and O–H groups in total. The molecule has 2 fully saturated rings. The van der Waals surface area contributed by atoms with Crippen LogP contribution in [0.25, 0.3) is 0 Å². The summed E-state index contributed by atoms with van der Waals surface area (Å²) in [6.45, 7) is 7.11. The molecule has 0 amide bonds. The Balaban J connectivity index is 1.97. The van der Waals surface area contributed by atoms with E-state index in [2.05, 4.69) is 24.1 Å². The third kappa shape index (κ3) is 2.12. The average Bonchev–Trinajstić information content (AvgIpc) is 2.19. The van der Waals surface area contributed by atoms with Crippen molar-refractivity contribution in [1.82, 2.24) is 10.2 Å². The van der Waals surface area contributed by atoms with Crippen molar-refractivity contribution in [3.63, 3.8) is 0 Å². The number of hydrogen-bond acceptors (Lipinski definition) is 2. The molecule has 2 unspecified atom stereocenters. The third-order valence-electron chi connectivity index (χ3n) is 3.89. The van der Waals surface area contributed by atoms with Gasteiger partial charge in [0.05, 0.1) is 0 Å². The van der Waals surface area contributed by atoms with E-state index >= 15 is 0 Å². The highest BCUT2D eigenvalue weighted by molar-refractivity contribution is 4.88. The minimum atomic E-state index is 0.738. The summed E-state index contributed by atoms with van der Waals surface area (Å²) < 4.78 is 0. The highest BCUT2D eigenvalue weighted by Crippen LogP contribution is 2.26. The molecular formula is C12H24N2. The molecule has 2 rings (SSSR count). The Morgan fingerprint density at radius 1 is 0.929 bits per heavy atom. The third-order valence-corrected chi connectivity index (χ3v) is 3.89. The van der Waals surface area contributed by atoms with Crippen LogP contribution in [0.15, 0.2) is 0 Å². The maximum absolute atomic E-state index is 3.51. The lowest BCUT2D eigenvalue weighted by atomic mass is 9.91. The first-order chi connectivity index (χ1) is 6.79. The van der Waals surface area contributed by atoms with Gasteiger partial charge >= 0.3 is 0 Å². The number of piperazine rings is 1. The molecule has 1 aliphatic heterocycles. The van der Waals surface area contributed by atoms with Gasteiger partial charge in [0.2, 0.25) is 0 Å². The molecule has 14 heavy (non-hydrogen) atoms. The standard InChI is InChI=1S/C12H24N2/c1-10-8-13-9-11(2)14(10)12-6-4-3-5-7-12/h10-13H,3-9H2,1-2H3. The Kier molecular flexibility index (Phi) is 3.45. The summed E-state index contributed by atoms with van der Waals surface area (Å²) >= 11 is 0. The lowest BCUT2D eigenvalue weighted by molar-refractivity contribution is 0.0477. The molecule has 1 saturated heterocycles. The van der Waals surface area contributed by atoms with E-state index < -0.39 is 0 Å². The second-order valence-corrected chi connectivity index (χ2v) is 5.10. The lowest BCUT2D eigenvalue weighted by Gasteiger charge is -2.45. The van der Waals surface area contributed by atoms with Crippen molar-refractivity contribution < 1.29 is 0 Å². The Hall–Kier alpha value is -0.0800. The zero-order valence-corrected chi connectivity index (χ0v) is 9.63. The summed E-state index contributed by atoms with van der Waals surface area (Å²) in [7, 11) is 0. The van der Waals surface area contributed by atoms with Crippen LogP contribution in [0, 0.1) is 0 Å². The molecule has 1 heterocycles. The van der Waals surface area contributed by atoms with Crippen LogP contribution in [0.4, 0.5) is 0 Å². The summed E-state index contributed by atoms with van der Waals surface area (Å²) in [5.74, 6) is 0. The van der Waals surface area contributed by atoms with Crippen LogP contribution in [-0.4, -0.2) is 36.1 Å². The topological polar surface area (TPSA) is 15.3 Å². The summed E-state index contributed by atoms with van der Waals surface area (Å²) in [6.07, 6.45) is 7.25. The second-order valence-electron chi connectivity index (χ2n) is 5.10. The Morgan fingerprint density at radius 3 is 2.07 bits per heavy atom. The van der Waals surface area contributed by atoms with Crippen LogP contribution >= 0.6 is 0 Å². The van der Waals surface area contributed by atoms with Crippen LogP contribution in [0.5, 0.6) is 0 Å². The van der Waals surface area contributed by atoms with Crippen molar-refractivity contribution in [1.29, 1.82) is 0 Å². The summed E-state index contributed by atoms with van der Waals surface area (Å²) in [5.41, 5.74) is 0. The van der Waals surface area contributed by atoms with E-state index in [4.69, 9.17) is 0 Å². The molecule has 0 bridgehead atoms. The molecular weight excluding hydrogens is 172 g/mol. The van der Waals surface area contributed by atoms with E-state index in [-0.39, 0.29) is 0 Å². The van der Waals surface area contributed by atoms with Crippen LogP contribution in [0.3, 0.4) is 0 Å². The molecule has 1 aliphatic carbocycles. The average molecular weight is 196 g/mol. The maximum atomic E-state index is 3.51. The van der Waals surface area contributed by atoms with Crippen molar-refractivity contribution >= 4 is 0 Å². The van der Waals surface area contributed by atoms with Crippen LogP contribution in [0.2, 0.25) is 0 Å². The van der Waals surface area contributed by atoms with Crippen molar-refractivity contribution in [2.24, 2.45) is 0 Å².